The van der Waals surface area contributed by atoms with Crippen molar-refractivity contribution in [3.63, 3.8) is 0 Å². The van der Waals surface area contributed by atoms with Gasteiger partial charge in [0.05, 0.1) is 16.8 Å². The lowest BCUT2D eigenvalue weighted by atomic mass is 9.92. The van der Waals surface area contributed by atoms with Crippen LogP contribution in [0.5, 0.6) is 0 Å². The molecular formula is C23H11BrF10IN3O2. The molecule has 5 nitrogen and oxygen atoms in total. The number of amides is 2. The number of alkyl halides is 10. The Morgan fingerprint density at radius 1 is 0.800 bits per heavy atom. The van der Waals surface area contributed by atoms with Gasteiger partial charge >= 0.3 is 24.2 Å². The zero-order valence-corrected chi connectivity index (χ0v) is 22.7. The first-order valence-electron chi connectivity index (χ1n) is 10.3. The van der Waals surface area contributed by atoms with Gasteiger partial charge in [0.15, 0.2) is 0 Å². The number of rotatable bonds is 5. The van der Waals surface area contributed by atoms with Crippen LogP contribution in [0.15, 0.2) is 59.3 Å². The van der Waals surface area contributed by atoms with Crippen LogP contribution in [0.4, 0.5) is 55.3 Å². The van der Waals surface area contributed by atoms with Crippen molar-refractivity contribution in [2.75, 3.05) is 10.6 Å². The number of hydrogen-bond donors (Lipinski definition) is 2. The van der Waals surface area contributed by atoms with Gasteiger partial charge in [-0.1, -0.05) is 6.07 Å². The summed E-state index contributed by atoms with van der Waals surface area (Å²) in [5, 5.41) is 4.23. The maximum atomic E-state index is 14.5. The van der Waals surface area contributed by atoms with E-state index in [1.165, 1.54) is 30.5 Å². The van der Waals surface area contributed by atoms with Gasteiger partial charge in [0.1, 0.15) is 4.60 Å². The van der Waals surface area contributed by atoms with Crippen LogP contribution in [-0.2, 0) is 11.8 Å². The highest BCUT2D eigenvalue weighted by Gasteiger charge is 2.73. The third-order valence-electron chi connectivity index (χ3n) is 5.20. The van der Waals surface area contributed by atoms with E-state index in [9.17, 15) is 53.5 Å². The number of aromatic nitrogens is 1. The van der Waals surface area contributed by atoms with E-state index in [4.69, 9.17) is 0 Å². The van der Waals surface area contributed by atoms with Crippen LogP contribution in [0.1, 0.15) is 31.8 Å². The predicted molar refractivity (Wildman–Crippen MR) is 133 cm³/mol. The molecule has 2 N–H and O–H groups in total. The Kier molecular flexibility index (Phi) is 8.79. The van der Waals surface area contributed by atoms with E-state index < -0.39 is 62.5 Å². The smallest absolute Gasteiger partial charge is 0.322 e. The van der Waals surface area contributed by atoms with Gasteiger partial charge in [0, 0.05) is 26.6 Å². The van der Waals surface area contributed by atoms with E-state index in [1.54, 1.807) is 5.32 Å². The van der Waals surface area contributed by atoms with Gasteiger partial charge in [-0.15, -0.1) is 0 Å². The Bertz CT molecular complexity index is 1440. The van der Waals surface area contributed by atoms with Crippen LogP contribution >= 0.6 is 38.5 Å². The standard InChI is InChI=1S/C23H11BrF10IN3O2/c24-17-13(5-2-6-36-17)19(40)37-12-4-1-3-10(7-12)18(39)38-16-14(21(26,27)28)8-11(9-15(16)35)20(25,22(29,30)31)23(32,33)34/h1-9H,(H,37,40)(H,38,39). The number of nitrogens with one attached hydrogen (secondary N) is 2. The molecule has 0 saturated carbocycles. The topological polar surface area (TPSA) is 71.1 Å². The van der Waals surface area contributed by atoms with E-state index in [0.29, 0.717) is 0 Å². The zero-order valence-electron chi connectivity index (χ0n) is 19.0. The molecule has 214 valence electrons. The lowest BCUT2D eigenvalue weighted by Gasteiger charge is -2.31. The summed E-state index contributed by atoms with van der Waals surface area (Å²) in [7, 11) is 0. The lowest BCUT2D eigenvalue weighted by molar-refractivity contribution is -0.348. The Morgan fingerprint density at radius 2 is 1.43 bits per heavy atom. The highest BCUT2D eigenvalue weighted by molar-refractivity contribution is 14.1. The van der Waals surface area contributed by atoms with Crippen molar-refractivity contribution in [3.05, 3.63) is 85.2 Å². The third-order valence-corrected chi connectivity index (χ3v) is 6.68. The molecule has 1 aromatic heterocycles. The van der Waals surface area contributed by atoms with Crippen molar-refractivity contribution in [3.8, 4) is 0 Å². The minimum Gasteiger partial charge on any atom is -0.322 e. The van der Waals surface area contributed by atoms with Crippen LogP contribution in [-0.4, -0.2) is 29.2 Å². The third kappa shape index (κ3) is 6.34. The summed E-state index contributed by atoms with van der Waals surface area (Å²) in [6.45, 7) is 0. The summed E-state index contributed by atoms with van der Waals surface area (Å²) in [5.41, 5.74) is -12.1. The molecule has 0 bridgehead atoms. The minimum absolute atomic E-state index is 0.00654. The second-order valence-corrected chi connectivity index (χ2v) is 9.78. The fraction of sp³-hybridized carbons (Fsp3) is 0.174. The number of benzene rings is 2. The maximum Gasteiger partial charge on any atom is 0.435 e. The number of carbonyl (C=O) groups excluding carboxylic acids is 2. The fourth-order valence-electron chi connectivity index (χ4n) is 3.32. The average molecular weight is 758 g/mol. The van der Waals surface area contributed by atoms with Crippen LogP contribution in [0.2, 0.25) is 0 Å². The van der Waals surface area contributed by atoms with E-state index in [2.05, 4.69) is 26.2 Å². The monoisotopic (exact) mass is 757 g/mol. The summed E-state index contributed by atoms with van der Waals surface area (Å²) >= 11 is 4.03. The van der Waals surface area contributed by atoms with Crippen molar-refractivity contribution >= 4 is 61.7 Å². The highest BCUT2D eigenvalue weighted by atomic mass is 127. The number of carbonyl (C=O) groups is 2. The number of hydrogen-bond acceptors (Lipinski definition) is 3. The van der Waals surface area contributed by atoms with Gasteiger partial charge < -0.3 is 10.6 Å². The molecule has 0 aliphatic heterocycles. The molecule has 0 fully saturated rings. The molecule has 0 aliphatic rings. The largest absolute Gasteiger partial charge is 0.435 e. The highest BCUT2D eigenvalue weighted by Crippen LogP contribution is 2.54. The van der Waals surface area contributed by atoms with E-state index in [-0.39, 0.29) is 27.5 Å². The minimum atomic E-state index is -6.65. The van der Waals surface area contributed by atoms with Crippen molar-refractivity contribution in [1.82, 2.24) is 4.98 Å². The van der Waals surface area contributed by atoms with Gasteiger partial charge in [-0.3, -0.25) is 9.59 Å². The van der Waals surface area contributed by atoms with E-state index in [0.717, 1.165) is 34.7 Å². The molecule has 0 atom stereocenters. The Hall–Kier alpha value is -2.96. The summed E-state index contributed by atoms with van der Waals surface area (Å²) < 4.78 is 134. The second kappa shape index (κ2) is 11.1. The molecule has 2 amide bonds. The van der Waals surface area contributed by atoms with Crippen LogP contribution < -0.4 is 10.6 Å². The van der Waals surface area contributed by atoms with Crippen molar-refractivity contribution in [1.29, 1.82) is 0 Å². The van der Waals surface area contributed by atoms with Crippen LogP contribution in [0.25, 0.3) is 0 Å². The van der Waals surface area contributed by atoms with Gasteiger partial charge in [0.2, 0.25) is 0 Å². The molecule has 40 heavy (non-hydrogen) atoms. The van der Waals surface area contributed by atoms with Gasteiger partial charge in [0.25, 0.3) is 11.8 Å². The Labute approximate surface area is 239 Å². The van der Waals surface area contributed by atoms with Crippen molar-refractivity contribution in [2.45, 2.75) is 24.2 Å². The molecule has 0 spiro atoms. The molecule has 0 radical (unpaired) electrons. The first-order valence-corrected chi connectivity index (χ1v) is 12.2. The summed E-state index contributed by atoms with van der Waals surface area (Å²) in [5.74, 6) is -1.95. The summed E-state index contributed by atoms with van der Waals surface area (Å²) in [4.78, 5) is 29.1. The quantitative estimate of drug-likeness (QED) is 0.157. The Balaban J connectivity index is 2.00. The maximum absolute atomic E-state index is 14.5. The first kappa shape index (κ1) is 31.6. The Morgan fingerprint density at radius 3 is 1.98 bits per heavy atom. The molecule has 0 aliphatic carbocycles. The van der Waals surface area contributed by atoms with Gasteiger partial charge in [-0.2, -0.15) is 39.5 Å². The number of nitrogens with zero attached hydrogens (tertiary/aromatic N) is 1. The molecule has 1 heterocycles. The fourth-order valence-corrected chi connectivity index (χ4v) is 4.51. The van der Waals surface area contributed by atoms with E-state index in [1.807, 2.05) is 0 Å². The van der Waals surface area contributed by atoms with Gasteiger partial charge in [-0.05, 0) is 81.0 Å². The summed E-state index contributed by atoms with van der Waals surface area (Å²) in [6, 6.07) is 6.86. The lowest BCUT2D eigenvalue weighted by Crippen LogP contribution is -2.50. The molecule has 2 aromatic carbocycles. The molecular weight excluding hydrogens is 747 g/mol. The SMILES string of the molecule is O=C(Nc1c(I)cc(C(F)(C(F)(F)F)C(F)(F)F)cc1C(F)(F)F)c1cccc(NC(=O)c2cccnc2Br)c1. The van der Waals surface area contributed by atoms with Crippen molar-refractivity contribution in [2.24, 2.45) is 0 Å². The van der Waals surface area contributed by atoms with Crippen LogP contribution in [0, 0.1) is 3.57 Å². The zero-order chi connectivity index (χ0) is 30.3. The molecule has 17 heteroatoms. The van der Waals surface area contributed by atoms with Gasteiger partial charge in [-0.25, -0.2) is 9.37 Å². The first-order chi connectivity index (χ1) is 18.3. The van der Waals surface area contributed by atoms with Crippen LogP contribution in [0.3, 0.4) is 0 Å². The molecule has 3 rings (SSSR count). The molecule has 3 aromatic rings. The number of halogens is 12. The second-order valence-electron chi connectivity index (χ2n) is 7.86. The number of pyridine rings is 1. The summed E-state index contributed by atoms with van der Waals surface area (Å²) in [6.07, 6.45) is -17.5. The normalized spacial score (nSPS) is 12.7. The molecule has 0 saturated heterocycles. The van der Waals surface area contributed by atoms with E-state index >= 15 is 0 Å². The average Bonchev–Trinajstić information content (AvgIpc) is 2.82. The number of anilines is 2. The van der Waals surface area contributed by atoms with Crippen molar-refractivity contribution < 1.29 is 53.5 Å². The predicted octanol–water partition coefficient (Wildman–Crippen LogP) is 8.26. The molecule has 0 unspecified atom stereocenters.